The molecule has 1 N–H and O–H groups in total. The van der Waals surface area contributed by atoms with Crippen molar-refractivity contribution in [2.24, 2.45) is 23.2 Å². The van der Waals surface area contributed by atoms with E-state index in [4.69, 9.17) is 11.6 Å². The van der Waals surface area contributed by atoms with Gasteiger partial charge in [-0.1, -0.05) is 6.92 Å². The maximum absolute atomic E-state index is 12.7. The molecule has 0 saturated heterocycles. The molecule has 4 aliphatic rings. The highest BCUT2D eigenvalue weighted by Gasteiger charge is 2.54. The van der Waals surface area contributed by atoms with E-state index in [1.807, 2.05) is 0 Å². The first-order valence-corrected chi connectivity index (χ1v) is 8.05. The normalized spacial score (nSPS) is 42.9. The average molecular weight is 270 g/mol. The number of carbonyl (C=O) groups is 1. The molecule has 3 heteroatoms. The van der Waals surface area contributed by atoms with E-state index in [-0.39, 0.29) is 11.5 Å². The van der Waals surface area contributed by atoms with Gasteiger partial charge in [0, 0.05) is 17.3 Å². The van der Waals surface area contributed by atoms with E-state index in [2.05, 4.69) is 12.2 Å². The standard InChI is InChI=1S/C15H24ClNO/c1-2-13(9-16)17-14(18)15-6-10-3-11(7-15)5-12(4-10)8-15/h10-13H,2-9H2,1H3,(H,17,18). The Kier molecular flexibility index (Phi) is 3.34. The van der Waals surface area contributed by atoms with Crippen molar-refractivity contribution in [1.29, 1.82) is 0 Å². The number of amides is 1. The highest BCUT2D eigenvalue weighted by molar-refractivity contribution is 6.18. The van der Waals surface area contributed by atoms with Crippen molar-refractivity contribution in [2.45, 2.75) is 57.9 Å². The smallest absolute Gasteiger partial charge is 0.226 e. The summed E-state index contributed by atoms with van der Waals surface area (Å²) in [5.74, 6) is 3.34. The highest BCUT2D eigenvalue weighted by atomic mass is 35.5. The summed E-state index contributed by atoms with van der Waals surface area (Å²) < 4.78 is 0. The van der Waals surface area contributed by atoms with Gasteiger partial charge in [-0.25, -0.2) is 0 Å². The SMILES string of the molecule is CCC(CCl)NC(=O)C12CC3CC(CC(C3)C1)C2. The Bertz CT molecular complexity index is 302. The Labute approximate surface area is 115 Å². The van der Waals surface area contributed by atoms with Crippen LogP contribution in [0.5, 0.6) is 0 Å². The van der Waals surface area contributed by atoms with E-state index in [1.165, 1.54) is 19.3 Å². The molecule has 102 valence electrons. The first-order chi connectivity index (χ1) is 8.65. The minimum atomic E-state index is -0.0196. The molecule has 0 aliphatic heterocycles. The Balaban J connectivity index is 1.73. The third-order valence-electron chi connectivity index (χ3n) is 5.53. The van der Waals surface area contributed by atoms with Gasteiger partial charge in [-0.3, -0.25) is 4.79 Å². The Morgan fingerprint density at radius 3 is 2.11 bits per heavy atom. The van der Waals surface area contributed by atoms with Gasteiger partial charge in [0.1, 0.15) is 0 Å². The van der Waals surface area contributed by atoms with Gasteiger partial charge in [0.2, 0.25) is 5.91 Å². The molecule has 4 fully saturated rings. The minimum Gasteiger partial charge on any atom is -0.352 e. The van der Waals surface area contributed by atoms with E-state index in [0.717, 1.165) is 43.4 Å². The largest absolute Gasteiger partial charge is 0.352 e. The Morgan fingerprint density at radius 2 is 1.72 bits per heavy atom. The molecule has 18 heavy (non-hydrogen) atoms. The molecule has 0 radical (unpaired) electrons. The van der Waals surface area contributed by atoms with Crippen molar-refractivity contribution in [3.8, 4) is 0 Å². The van der Waals surface area contributed by atoms with Crippen LogP contribution in [0, 0.1) is 23.2 Å². The molecule has 0 aromatic carbocycles. The second kappa shape index (κ2) is 4.70. The molecule has 1 atom stereocenters. The van der Waals surface area contributed by atoms with Crippen LogP contribution in [0.2, 0.25) is 0 Å². The quantitative estimate of drug-likeness (QED) is 0.780. The second-order valence-corrected chi connectivity index (χ2v) is 7.24. The maximum atomic E-state index is 12.7. The molecule has 0 aromatic rings. The van der Waals surface area contributed by atoms with E-state index in [0.29, 0.717) is 11.8 Å². The van der Waals surface area contributed by atoms with Crippen molar-refractivity contribution in [3.63, 3.8) is 0 Å². The van der Waals surface area contributed by atoms with Crippen molar-refractivity contribution in [2.75, 3.05) is 5.88 Å². The predicted octanol–water partition coefficient (Wildman–Crippen LogP) is 3.34. The van der Waals surface area contributed by atoms with Gasteiger partial charge in [0.25, 0.3) is 0 Å². The second-order valence-electron chi connectivity index (χ2n) is 6.93. The van der Waals surface area contributed by atoms with E-state index < -0.39 is 0 Å². The Morgan fingerprint density at radius 1 is 1.22 bits per heavy atom. The van der Waals surface area contributed by atoms with Crippen LogP contribution >= 0.6 is 11.6 Å². The zero-order valence-electron chi connectivity index (χ0n) is 11.3. The van der Waals surface area contributed by atoms with Crippen LogP contribution in [-0.2, 0) is 4.79 Å². The van der Waals surface area contributed by atoms with Gasteiger partial charge in [0.05, 0.1) is 0 Å². The van der Waals surface area contributed by atoms with Gasteiger partial charge >= 0.3 is 0 Å². The van der Waals surface area contributed by atoms with Crippen LogP contribution in [0.25, 0.3) is 0 Å². The van der Waals surface area contributed by atoms with E-state index in [9.17, 15) is 4.79 Å². The molecule has 4 saturated carbocycles. The van der Waals surface area contributed by atoms with Crippen molar-refractivity contribution < 1.29 is 4.79 Å². The number of hydrogen-bond donors (Lipinski definition) is 1. The lowest BCUT2D eigenvalue weighted by Gasteiger charge is -2.55. The summed E-state index contributed by atoms with van der Waals surface area (Å²) >= 11 is 5.90. The number of hydrogen-bond acceptors (Lipinski definition) is 1. The van der Waals surface area contributed by atoms with Crippen LogP contribution in [0.3, 0.4) is 0 Å². The molecular formula is C15H24ClNO. The summed E-state index contributed by atoms with van der Waals surface area (Å²) in [5, 5.41) is 3.20. The third-order valence-corrected chi connectivity index (χ3v) is 5.91. The van der Waals surface area contributed by atoms with Crippen molar-refractivity contribution in [1.82, 2.24) is 5.32 Å². The fraction of sp³-hybridized carbons (Fsp3) is 0.933. The summed E-state index contributed by atoms with van der Waals surface area (Å²) in [6, 6.07) is 0.159. The van der Waals surface area contributed by atoms with Gasteiger partial charge in [-0.05, 0) is 62.7 Å². The lowest BCUT2D eigenvalue weighted by molar-refractivity contribution is -0.146. The first-order valence-electron chi connectivity index (χ1n) is 7.52. The van der Waals surface area contributed by atoms with Crippen LogP contribution in [0.1, 0.15) is 51.9 Å². The topological polar surface area (TPSA) is 29.1 Å². The van der Waals surface area contributed by atoms with E-state index in [1.54, 1.807) is 0 Å². The zero-order valence-corrected chi connectivity index (χ0v) is 12.0. The van der Waals surface area contributed by atoms with Gasteiger partial charge in [0.15, 0.2) is 0 Å². The highest BCUT2D eigenvalue weighted by Crippen LogP contribution is 2.60. The van der Waals surface area contributed by atoms with Crippen LogP contribution < -0.4 is 5.32 Å². The monoisotopic (exact) mass is 269 g/mol. The molecule has 1 unspecified atom stereocenters. The third kappa shape index (κ3) is 2.07. The predicted molar refractivity (Wildman–Crippen MR) is 73.5 cm³/mol. The van der Waals surface area contributed by atoms with Crippen LogP contribution in [0.15, 0.2) is 0 Å². The molecule has 1 amide bonds. The summed E-state index contributed by atoms with van der Waals surface area (Å²) in [6.45, 7) is 2.09. The maximum Gasteiger partial charge on any atom is 0.226 e. The molecule has 0 heterocycles. The minimum absolute atomic E-state index is 0.0196. The molecule has 0 aromatic heterocycles. The van der Waals surface area contributed by atoms with Crippen LogP contribution in [-0.4, -0.2) is 17.8 Å². The van der Waals surface area contributed by atoms with E-state index >= 15 is 0 Å². The van der Waals surface area contributed by atoms with Gasteiger partial charge < -0.3 is 5.32 Å². The lowest BCUT2D eigenvalue weighted by Crippen LogP contribution is -2.55. The van der Waals surface area contributed by atoms with Crippen LogP contribution in [0.4, 0.5) is 0 Å². The number of alkyl halides is 1. The Hall–Kier alpha value is -0.240. The molecule has 4 bridgehead atoms. The zero-order chi connectivity index (χ0) is 12.8. The fourth-order valence-corrected chi connectivity index (χ4v) is 5.27. The average Bonchev–Trinajstić information content (AvgIpc) is 2.34. The summed E-state index contributed by atoms with van der Waals surface area (Å²) in [7, 11) is 0. The number of halogens is 1. The molecule has 2 nitrogen and oxygen atoms in total. The summed E-state index contributed by atoms with van der Waals surface area (Å²) in [6.07, 6.45) is 8.52. The number of carbonyl (C=O) groups excluding carboxylic acids is 1. The number of nitrogens with one attached hydrogen (secondary N) is 1. The summed E-state index contributed by atoms with van der Waals surface area (Å²) in [5.41, 5.74) is -0.0196. The molecular weight excluding hydrogens is 246 g/mol. The van der Waals surface area contributed by atoms with Crippen molar-refractivity contribution >= 4 is 17.5 Å². The van der Waals surface area contributed by atoms with Gasteiger partial charge in [-0.15, -0.1) is 11.6 Å². The van der Waals surface area contributed by atoms with Gasteiger partial charge in [-0.2, -0.15) is 0 Å². The lowest BCUT2D eigenvalue weighted by atomic mass is 9.49. The summed E-state index contributed by atoms with van der Waals surface area (Å²) in [4.78, 5) is 12.7. The molecule has 4 aliphatic carbocycles. The van der Waals surface area contributed by atoms with Crippen molar-refractivity contribution in [3.05, 3.63) is 0 Å². The molecule has 0 spiro atoms. The fourth-order valence-electron chi connectivity index (χ4n) is 4.98. The first kappa shape index (κ1) is 12.8. The molecule has 4 rings (SSSR count). The number of rotatable bonds is 4.